The normalized spacial score (nSPS) is 12.1. The van der Waals surface area contributed by atoms with Gasteiger partial charge in [-0.05, 0) is 25.5 Å². The monoisotopic (exact) mass is 287 g/mol. The third kappa shape index (κ3) is 3.66. The van der Waals surface area contributed by atoms with Crippen molar-refractivity contribution < 1.29 is 4.79 Å². The van der Waals surface area contributed by atoms with Crippen molar-refractivity contribution in [1.82, 2.24) is 15.0 Å². The van der Waals surface area contributed by atoms with Gasteiger partial charge < -0.3 is 10.6 Å². The molecule has 6 nitrogen and oxygen atoms in total. The number of carbonyl (C=O) groups excluding carboxylic acids is 1. The lowest BCUT2D eigenvalue weighted by atomic mass is 10.2. The molecule has 2 N–H and O–H groups in total. The smallest absolute Gasteiger partial charge is 0.248 e. The van der Waals surface area contributed by atoms with E-state index in [4.69, 9.17) is 5.73 Å². The summed E-state index contributed by atoms with van der Waals surface area (Å²) in [6.07, 6.45) is 2.53. The molecule has 2 aromatic rings. The van der Waals surface area contributed by atoms with Crippen molar-refractivity contribution in [3.8, 4) is 0 Å². The molecule has 1 unspecified atom stereocenters. The molecule has 1 aromatic carbocycles. The van der Waals surface area contributed by atoms with Crippen LogP contribution in [0, 0.1) is 0 Å². The van der Waals surface area contributed by atoms with Gasteiger partial charge in [0.1, 0.15) is 6.54 Å². The molecule has 0 aliphatic carbocycles. The van der Waals surface area contributed by atoms with Crippen molar-refractivity contribution in [1.29, 1.82) is 0 Å². The van der Waals surface area contributed by atoms with Gasteiger partial charge in [-0.15, -0.1) is 5.10 Å². The summed E-state index contributed by atoms with van der Waals surface area (Å²) >= 11 is 0. The molecule has 1 heterocycles. The topological polar surface area (TPSA) is 77.0 Å². The lowest BCUT2D eigenvalue weighted by molar-refractivity contribution is -0.119. The first-order valence-corrected chi connectivity index (χ1v) is 7.16. The lowest BCUT2D eigenvalue weighted by Gasteiger charge is -2.20. The van der Waals surface area contributed by atoms with Gasteiger partial charge in [-0.2, -0.15) is 0 Å². The molecule has 0 fully saturated rings. The maximum absolute atomic E-state index is 12.4. The average Bonchev–Trinajstić information content (AvgIpc) is 2.96. The maximum atomic E-state index is 12.4. The summed E-state index contributed by atoms with van der Waals surface area (Å²) in [4.78, 5) is 14.1. The van der Waals surface area contributed by atoms with Crippen molar-refractivity contribution in [2.45, 2.75) is 32.9 Å². The number of para-hydroxylation sites is 1. The molecule has 2 rings (SSSR count). The Hall–Kier alpha value is -2.21. The summed E-state index contributed by atoms with van der Waals surface area (Å²) < 4.78 is 1.54. The molecule has 1 amide bonds. The Balaban J connectivity index is 2.08. The van der Waals surface area contributed by atoms with E-state index in [0.717, 1.165) is 12.1 Å². The Bertz CT molecular complexity index is 581. The summed E-state index contributed by atoms with van der Waals surface area (Å²) in [5.74, 6) is -0.0229. The van der Waals surface area contributed by atoms with Crippen molar-refractivity contribution in [2.24, 2.45) is 5.73 Å². The van der Waals surface area contributed by atoms with Gasteiger partial charge in [0.2, 0.25) is 5.91 Å². The van der Waals surface area contributed by atoms with Gasteiger partial charge in [-0.1, -0.05) is 30.3 Å². The molecule has 6 heteroatoms. The Morgan fingerprint density at radius 2 is 2.05 bits per heavy atom. The van der Waals surface area contributed by atoms with E-state index in [1.807, 2.05) is 44.2 Å². The van der Waals surface area contributed by atoms with E-state index in [2.05, 4.69) is 10.3 Å². The fourth-order valence-electron chi connectivity index (χ4n) is 2.10. The highest BCUT2D eigenvalue weighted by Crippen LogP contribution is 2.14. The van der Waals surface area contributed by atoms with E-state index in [1.54, 1.807) is 15.8 Å². The predicted octanol–water partition coefficient (Wildman–Crippen LogP) is 1.74. The molecule has 0 bridgehead atoms. The number of anilines is 1. The van der Waals surface area contributed by atoms with Crippen molar-refractivity contribution in [3.05, 3.63) is 42.2 Å². The van der Waals surface area contributed by atoms with E-state index < -0.39 is 0 Å². The van der Waals surface area contributed by atoms with Crippen LogP contribution in [0.25, 0.3) is 0 Å². The highest BCUT2D eigenvalue weighted by molar-refractivity contribution is 5.93. The fourth-order valence-corrected chi connectivity index (χ4v) is 2.10. The van der Waals surface area contributed by atoms with Crippen LogP contribution in [0.15, 0.2) is 36.5 Å². The van der Waals surface area contributed by atoms with Gasteiger partial charge in [-0.25, -0.2) is 4.68 Å². The first kappa shape index (κ1) is 15.2. The van der Waals surface area contributed by atoms with Gasteiger partial charge in [0, 0.05) is 12.2 Å². The second-order valence-corrected chi connectivity index (χ2v) is 4.83. The van der Waals surface area contributed by atoms with E-state index in [9.17, 15) is 4.79 Å². The van der Waals surface area contributed by atoms with Crippen LogP contribution < -0.4 is 10.6 Å². The number of benzene rings is 1. The molecule has 0 radical (unpaired) electrons. The van der Waals surface area contributed by atoms with Crippen molar-refractivity contribution in [3.63, 3.8) is 0 Å². The largest absolute Gasteiger partial charge is 0.323 e. The molecule has 0 aliphatic rings. The quantitative estimate of drug-likeness (QED) is 0.878. The Kier molecular flexibility index (Phi) is 5.05. The summed E-state index contributed by atoms with van der Waals surface area (Å²) in [5.41, 5.74) is 7.50. The summed E-state index contributed by atoms with van der Waals surface area (Å²) in [5, 5.41) is 7.99. The molecule has 1 aromatic heterocycles. The molecular formula is C15H21N5O. The van der Waals surface area contributed by atoms with Crippen LogP contribution >= 0.6 is 0 Å². The fraction of sp³-hybridized carbons (Fsp3) is 0.400. The van der Waals surface area contributed by atoms with Crippen LogP contribution in [-0.4, -0.2) is 27.4 Å². The minimum absolute atomic E-state index is 0.0229. The molecule has 112 valence electrons. The Morgan fingerprint density at radius 3 is 2.67 bits per heavy atom. The Labute approximate surface area is 124 Å². The lowest BCUT2D eigenvalue weighted by Crippen LogP contribution is -2.33. The minimum Gasteiger partial charge on any atom is -0.323 e. The zero-order chi connectivity index (χ0) is 15.2. The zero-order valence-electron chi connectivity index (χ0n) is 12.4. The van der Waals surface area contributed by atoms with Crippen LogP contribution in [0.2, 0.25) is 0 Å². The summed E-state index contributed by atoms with van der Waals surface area (Å²) in [6, 6.07) is 9.46. The highest BCUT2D eigenvalue weighted by atomic mass is 16.2. The maximum Gasteiger partial charge on any atom is 0.248 e. The van der Waals surface area contributed by atoms with Gasteiger partial charge in [0.15, 0.2) is 0 Å². The van der Waals surface area contributed by atoms with Crippen molar-refractivity contribution >= 4 is 11.6 Å². The molecule has 0 saturated carbocycles. The summed E-state index contributed by atoms with van der Waals surface area (Å²) in [6.45, 7) is 4.71. The molecule has 0 aliphatic heterocycles. The van der Waals surface area contributed by atoms with Gasteiger partial charge in [0.25, 0.3) is 0 Å². The molecule has 1 atom stereocenters. The number of amides is 1. The van der Waals surface area contributed by atoms with Crippen LogP contribution in [0.3, 0.4) is 0 Å². The summed E-state index contributed by atoms with van der Waals surface area (Å²) in [7, 11) is 0. The highest BCUT2D eigenvalue weighted by Gasteiger charge is 2.16. The molecule has 0 spiro atoms. The number of hydrogen-bond donors (Lipinski definition) is 1. The SMILES string of the molecule is CCC(N)c1cn(CC(=O)N(CC)c2ccccc2)nn1. The standard InChI is InChI=1S/C15H21N5O/c1-3-13(16)14-10-19(18-17-14)11-15(21)20(4-2)12-8-6-5-7-9-12/h5-10,13H,3-4,11,16H2,1-2H3. The van der Waals surface area contributed by atoms with Gasteiger partial charge in [-0.3, -0.25) is 4.79 Å². The van der Waals surface area contributed by atoms with Gasteiger partial charge in [0.05, 0.1) is 17.9 Å². The van der Waals surface area contributed by atoms with Crippen molar-refractivity contribution in [2.75, 3.05) is 11.4 Å². The molecule has 21 heavy (non-hydrogen) atoms. The number of hydrogen-bond acceptors (Lipinski definition) is 4. The first-order valence-electron chi connectivity index (χ1n) is 7.16. The average molecular weight is 287 g/mol. The van der Waals surface area contributed by atoms with Crippen LogP contribution in [0.5, 0.6) is 0 Å². The number of carbonyl (C=O) groups is 1. The first-order chi connectivity index (χ1) is 10.2. The minimum atomic E-state index is -0.134. The Morgan fingerprint density at radius 1 is 1.33 bits per heavy atom. The zero-order valence-corrected chi connectivity index (χ0v) is 12.4. The van der Waals surface area contributed by atoms with E-state index >= 15 is 0 Å². The van der Waals surface area contributed by atoms with Crippen LogP contribution in [0.1, 0.15) is 32.0 Å². The number of aromatic nitrogens is 3. The second kappa shape index (κ2) is 6.99. The van der Waals surface area contributed by atoms with E-state index in [1.165, 1.54) is 0 Å². The number of nitrogens with two attached hydrogens (primary N) is 1. The third-order valence-electron chi connectivity index (χ3n) is 3.36. The molecule has 0 saturated heterocycles. The van der Waals surface area contributed by atoms with E-state index in [0.29, 0.717) is 12.2 Å². The predicted molar refractivity (Wildman–Crippen MR) is 81.7 cm³/mol. The number of nitrogens with zero attached hydrogens (tertiary/aromatic N) is 4. The van der Waals surface area contributed by atoms with E-state index in [-0.39, 0.29) is 18.5 Å². The number of rotatable bonds is 6. The van der Waals surface area contributed by atoms with Crippen LogP contribution in [-0.2, 0) is 11.3 Å². The van der Waals surface area contributed by atoms with Crippen LogP contribution in [0.4, 0.5) is 5.69 Å². The number of likely N-dealkylation sites (N-methyl/N-ethyl adjacent to an activating group) is 1. The molecular weight excluding hydrogens is 266 g/mol. The third-order valence-corrected chi connectivity index (χ3v) is 3.36. The van der Waals surface area contributed by atoms with Gasteiger partial charge >= 0.3 is 0 Å². The second-order valence-electron chi connectivity index (χ2n) is 4.83.